The Bertz CT molecular complexity index is 558. The molecule has 0 radical (unpaired) electrons. The summed E-state index contributed by atoms with van der Waals surface area (Å²) in [7, 11) is -3.58. The molecular weight excluding hydrogens is 282 g/mol. The molecule has 2 N–H and O–H groups in total. The van der Waals surface area contributed by atoms with Crippen LogP contribution in [0.2, 0.25) is 0 Å². The van der Waals surface area contributed by atoms with Crippen LogP contribution in [-0.2, 0) is 21.4 Å². The van der Waals surface area contributed by atoms with Gasteiger partial charge in [-0.3, -0.25) is 9.48 Å². The molecule has 1 heterocycles. The van der Waals surface area contributed by atoms with Crippen LogP contribution in [0.3, 0.4) is 0 Å². The standard InChI is InChI=1S/C12H21N3O4S/c1-12(2,3)5-6-14-20(18,19)10-8-13-15(9-10)7-4-11(16)17/h8-9,14H,4-7H2,1-3H3,(H,16,17). The number of aliphatic carboxylic acids is 1. The van der Waals surface area contributed by atoms with Gasteiger partial charge in [-0.1, -0.05) is 20.8 Å². The summed E-state index contributed by atoms with van der Waals surface area (Å²) in [5, 5.41) is 12.4. The highest BCUT2D eigenvalue weighted by atomic mass is 32.2. The first kappa shape index (κ1) is 16.6. The van der Waals surface area contributed by atoms with Gasteiger partial charge in [0.2, 0.25) is 10.0 Å². The number of sulfonamides is 1. The molecular formula is C12H21N3O4S. The van der Waals surface area contributed by atoms with Crippen LogP contribution in [0.15, 0.2) is 17.3 Å². The molecule has 0 aliphatic heterocycles. The lowest BCUT2D eigenvalue weighted by atomic mass is 9.93. The topological polar surface area (TPSA) is 101 Å². The molecule has 0 aliphatic rings. The van der Waals surface area contributed by atoms with E-state index >= 15 is 0 Å². The van der Waals surface area contributed by atoms with E-state index in [0.717, 1.165) is 6.42 Å². The fourth-order valence-electron chi connectivity index (χ4n) is 1.46. The molecule has 114 valence electrons. The van der Waals surface area contributed by atoms with Crippen molar-refractivity contribution in [3.63, 3.8) is 0 Å². The lowest BCUT2D eigenvalue weighted by Crippen LogP contribution is -2.27. The fourth-order valence-corrected chi connectivity index (χ4v) is 2.44. The predicted molar refractivity (Wildman–Crippen MR) is 73.7 cm³/mol. The van der Waals surface area contributed by atoms with Crippen molar-refractivity contribution in [3.05, 3.63) is 12.4 Å². The molecule has 1 aromatic heterocycles. The molecule has 1 rings (SSSR count). The van der Waals surface area contributed by atoms with Crippen LogP contribution < -0.4 is 4.72 Å². The molecule has 7 nitrogen and oxygen atoms in total. The lowest BCUT2D eigenvalue weighted by molar-refractivity contribution is -0.137. The van der Waals surface area contributed by atoms with E-state index in [1.54, 1.807) is 0 Å². The number of hydrogen-bond donors (Lipinski definition) is 2. The lowest BCUT2D eigenvalue weighted by Gasteiger charge is -2.17. The Morgan fingerprint density at radius 1 is 1.45 bits per heavy atom. The Hall–Kier alpha value is -1.41. The minimum atomic E-state index is -3.58. The Kier molecular flexibility index (Phi) is 5.29. The van der Waals surface area contributed by atoms with E-state index in [-0.39, 0.29) is 23.3 Å². The Morgan fingerprint density at radius 3 is 2.65 bits per heavy atom. The van der Waals surface area contributed by atoms with Crippen molar-refractivity contribution < 1.29 is 18.3 Å². The zero-order chi connectivity index (χ0) is 15.4. The van der Waals surface area contributed by atoms with Crippen molar-refractivity contribution in [3.8, 4) is 0 Å². The number of carbonyl (C=O) groups is 1. The van der Waals surface area contributed by atoms with Crippen molar-refractivity contribution >= 4 is 16.0 Å². The van der Waals surface area contributed by atoms with E-state index in [2.05, 4.69) is 9.82 Å². The Labute approximate surface area is 119 Å². The molecule has 0 aromatic carbocycles. The third-order valence-corrected chi connectivity index (χ3v) is 4.06. The molecule has 20 heavy (non-hydrogen) atoms. The van der Waals surface area contributed by atoms with Crippen LogP contribution in [0.1, 0.15) is 33.6 Å². The van der Waals surface area contributed by atoms with Crippen molar-refractivity contribution in [1.82, 2.24) is 14.5 Å². The SMILES string of the molecule is CC(C)(C)CCNS(=O)(=O)c1cnn(CCC(=O)O)c1. The van der Waals surface area contributed by atoms with Crippen LogP contribution in [0.25, 0.3) is 0 Å². The van der Waals surface area contributed by atoms with Gasteiger partial charge in [-0.05, 0) is 11.8 Å². The Morgan fingerprint density at radius 2 is 2.10 bits per heavy atom. The highest BCUT2D eigenvalue weighted by Gasteiger charge is 2.18. The summed E-state index contributed by atoms with van der Waals surface area (Å²) in [6.07, 6.45) is 3.18. The molecule has 0 atom stereocenters. The Balaban J connectivity index is 2.61. The van der Waals surface area contributed by atoms with Gasteiger partial charge in [0.05, 0.1) is 19.2 Å². The maximum atomic E-state index is 12.0. The summed E-state index contributed by atoms with van der Waals surface area (Å²) in [4.78, 5) is 10.5. The van der Waals surface area contributed by atoms with E-state index in [4.69, 9.17) is 5.11 Å². The number of nitrogens with zero attached hydrogens (tertiary/aromatic N) is 2. The van der Waals surface area contributed by atoms with E-state index in [0.29, 0.717) is 6.54 Å². The average molecular weight is 303 g/mol. The van der Waals surface area contributed by atoms with Crippen molar-refractivity contribution in [2.24, 2.45) is 5.41 Å². The second-order valence-electron chi connectivity index (χ2n) is 5.79. The molecule has 8 heteroatoms. The first-order valence-electron chi connectivity index (χ1n) is 6.34. The van der Waals surface area contributed by atoms with Gasteiger partial charge >= 0.3 is 5.97 Å². The second-order valence-corrected chi connectivity index (χ2v) is 7.56. The summed E-state index contributed by atoms with van der Waals surface area (Å²) >= 11 is 0. The number of hydrogen-bond acceptors (Lipinski definition) is 4. The summed E-state index contributed by atoms with van der Waals surface area (Å²) in [5.74, 6) is -0.951. The van der Waals surface area contributed by atoms with E-state index in [1.165, 1.54) is 17.1 Å². The second kappa shape index (κ2) is 6.36. The number of aryl methyl sites for hydroxylation is 1. The normalized spacial score (nSPS) is 12.6. The third kappa shape index (κ3) is 5.70. The minimum Gasteiger partial charge on any atom is -0.481 e. The van der Waals surface area contributed by atoms with E-state index in [1.807, 2.05) is 20.8 Å². The van der Waals surface area contributed by atoms with Crippen LogP contribution in [0.5, 0.6) is 0 Å². The molecule has 0 unspecified atom stereocenters. The summed E-state index contributed by atoms with van der Waals surface area (Å²) < 4.78 is 27.8. The summed E-state index contributed by atoms with van der Waals surface area (Å²) in [6, 6.07) is 0. The van der Waals surface area contributed by atoms with Crippen molar-refractivity contribution in [1.29, 1.82) is 0 Å². The van der Waals surface area contributed by atoms with E-state index < -0.39 is 16.0 Å². The minimum absolute atomic E-state index is 0.0498. The van der Waals surface area contributed by atoms with Gasteiger partial charge in [-0.2, -0.15) is 5.10 Å². The molecule has 0 bridgehead atoms. The van der Waals surface area contributed by atoms with Crippen LogP contribution in [-0.4, -0.2) is 35.8 Å². The summed E-state index contributed by atoms with van der Waals surface area (Å²) in [5.41, 5.74) is 0.0498. The zero-order valence-corrected chi connectivity index (χ0v) is 12.8. The van der Waals surface area contributed by atoms with Gasteiger partial charge in [0.1, 0.15) is 4.90 Å². The van der Waals surface area contributed by atoms with Crippen LogP contribution in [0, 0.1) is 5.41 Å². The summed E-state index contributed by atoms with van der Waals surface area (Å²) in [6.45, 7) is 6.60. The number of nitrogens with one attached hydrogen (secondary N) is 1. The monoisotopic (exact) mass is 303 g/mol. The van der Waals surface area contributed by atoms with Gasteiger partial charge in [0, 0.05) is 12.7 Å². The predicted octanol–water partition coefficient (Wildman–Crippen LogP) is 1.07. The van der Waals surface area contributed by atoms with Crippen LogP contribution >= 0.6 is 0 Å². The van der Waals surface area contributed by atoms with Crippen molar-refractivity contribution in [2.75, 3.05) is 6.54 Å². The first-order valence-corrected chi connectivity index (χ1v) is 7.82. The highest BCUT2D eigenvalue weighted by Crippen LogP contribution is 2.17. The zero-order valence-electron chi connectivity index (χ0n) is 12.0. The van der Waals surface area contributed by atoms with Gasteiger partial charge < -0.3 is 5.11 Å². The largest absolute Gasteiger partial charge is 0.481 e. The third-order valence-electron chi connectivity index (χ3n) is 2.64. The molecule has 0 saturated heterocycles. The molecule has 0 aliphatic carbocycles. The molecule has 0 fully saturated rings. The molecule has 0 amide bonds. The maximum Gasteiger partial charge on any atom is 0.305 e. The van der Waals surface area contributed by atoms with Gasteiger partial charge in [0.25, 0.3) is 0 Å². The van der Waals surface area contributed by atoms with Crippen molar-refractivity contribution in [2.45, 2.75) is 45.1 Å². The first-order chi connectivity index (χ1) is 9.10. The highest BCUT2D eigenvalue weighted by molar-refractivity contribution is 7.89. The molecule has 0 saturated carbocycles. The quantitative estimate of drug-likeness (QED) is 0.784. The average Bonchev–Trinajstić information content (AvgIpc) is 2.73. The van der Waals surface area contributed by atoms with Gasteiger partial charge in [-0.15, -0.1) is 0 Å². The van der Waals surface area contributed by atoms with Gasteiger partial charge in [0.15, 0.2) is 0 Å². The number of aromatic nitrogens is 2. The molecule has 0 spiro atoms. The van der Waals surface area contributed by atoms with Crippen LogP contribution in [0.4, 0.5) is 0 Å². The number of rotatable bonds is 7. The maximum absolute atomic E-state index is 12.0. The number of carboxylic acid groups (broad SMARTS) is 1. The van der Waals surface area contributed by atoms with E-state index in [9.17, 15) is 13.2 Å². The molecule has 1 aromatic rings. The van der Waals surface area contributed by atoms with Gasteiger partial charge in [-0.25, -0.2) is 13.1 Å². The number of carboxylic acids is 1. The smallest absolute Gasteiger partial charge is 0.305 e. The fraction of sp³-hybridized carbons (Fsp3) is 0.667.